The Balaban J connectivity index is 1.42. The van der Waals surface area contributed by atoms with Gasteiger partial charge in [0.2, 0.25) is 11.8 Å². The van der Waals surface area contributed by atoms with Crippen LogP contribution in [-0.4, -0.2) is 50.6 Å². The molecule has 2 amide bonds. The van der Waals surface area contributed by atoms with Gasteiger partial charge >= 0.3 is 0 Å². The monoisotopic (exact) mass is 577 g/mol. The predicted molar refractivity (Wildman–Crippen MR) is 147 cm³/mol. The number of rotatable bonds is 9. The number of pyridine rings is 1. The number of primary amides is 1. The van der Waals surface area contributed by atoms with Crippen LogP contribution in [0.15, 0.2) is 36.8 Å². The molecule has 1 aromatic carbocycles. The number of amides is 2. The zero-order valence-corrected chi connectivity index (χ0v) is 22.8. The summed E-state index contributed by atoms with van der Waals surface area (Å²) in [7, 11) is 0. The average molecular weight is 578 g/mol. The number of nitrogen functional groups attached to an aromatic ring is 1. The van der Waals surface area contributed by atoms with Crippen LogP contribution in [0, 0.1) is 5.82 Å². The molecule has 1 fully saturated rings. The zero-order chi connectivity index (χ0) is 28.3. The third kappa shape index (κ3) is 6.60. The first-order valence-corrected chi connectivity index (χ1v) is 13.2. The number of piperidine rings is 1. The van der Waals surface area contributed by atoms with E-state index in [4.69, 9.17) is 45.1 Å². The Morgan fingerprint density at radius 2 is 1.92 bits per heavy atom. The molecule has 0 bridgehead atoms. The van der Waals surface area contributed by atoms with E-state index in [1.54, 1.807) is 30.3 Å². The summed E-state index contributed by atoms with van der Waals surface area (Å²) in [4.78, 5) is 29.5. The zero-order valence-electron chi connectivity index (χ0n) is 21.3. The number of likely N-dealkylation sites (tertiary alicyclic amines) is 1. The van der Waals surface area contributed by atoms with Gasteiger partial charge in [-0.1, -0.05) is 23.2 Å². The first-order chi connectivity index (χ1) is 18.5. The van der Waals surface area contributed by atoms with Crippen LogP contribution in [0.4, 0.5) is 10.2 Å². The lowest BCUT2D eigenvalue weighted by Crippen LogP contribution is -2.47. The van der Waals surface area contributed by atoms with Crippen LogP contribution in [0.2, 0.25) is 10.0 Å². The van der Waals surface area contributed by atoms with Gasteiger partial charge < -0.3 is 26.8 Å². The Bertz CT molecular complexity index is 1360. The second-order valence-corrected chi connectivity index (χ2v) is 10.3. The summed E-state index contributed by atoms with van der Waals surface area (Å²) in [5, 5.41) is 4.69. The molecule has 2 atom stereocenters. The van der Waals surface area contributed by atoms with Crippen LogP contribution in [-0.2, 0) is 9.59 Å². The van der Waals surface area contributed by atoms with Crippen molar-refractivity contribution in [3.63, 3.8) is 0 Å². The molecule has 2 aromatic heterocycles. The van der Waals surface area contributed by atoms with Gasteiger partial charge in [-0.15, -0.1) is 0 Å². The number of hydrogen-bond acceptors (Lipinski definition) is 7. The number of nitrogens with zero attached hydrogens (tertiary/aromatic N) is 4. The number of nitrogens with two attached hydrogens (primary N) is 3. The highest BCUT2D eigenvalue weighted by Gasteiger charge is 2.28. The van der Waals surface area contributed by atoms with E-state index in [1.165, 1.54) is 12.1 Å². The third-order valence-electron chi connectivity index (χ3n) is 6.78. The van der Waals surface area contributed by atoms with Gasteiger partial charge in [0, 0.05) is 53.6 Å². The van der Waals surface area contributed by atoms with Gasteiger partial charge in [-0.05, 0) is 44.4 Å². The van der Waals surface area contributed by atoms with Gasteiger partial charge in [0.25, 0.3) is 0 Å². The van der Waals surface area contributed by atoms with Crippen LogP contribution in [0.1, 0.15) is 50.3 Å². The second kappa shape index (κ2) is 12.2. The van der Waals surface area contributed by atoms with Gasteiger partial charge in [-0.25, -0.2) is 9.37 Å². The van der Waals surface area contributed by atoms with Crippen molar-refractivity contribution in [2.45, 2.75) is 50.8 Å². The summed E-state index contributed by atoms with van der Waals surface area (Å²) in [6, 6.07) is 3.70. The highest BCUT2D eigenvalue weighted by molar-refractivity contribution is 6.36. The van der Waals surface area contributed by atoms with Gasteiger partial charge in [0.1, 0.15) is 11.9 Å². The van der Waals surface area contributed by atoms with E-state index >= 15 is 0 Å². The van der Waals surface area contributed by atoms with Crippen molar-refractivity contribution in [3.05, 3.63) is 58.2 Å². The molecule has 3 heterocycles. The molecule has 3 aromatic rings. The van der Waals surface area contributed by atoms with Crippen LogP contribution >= 0.6 is 23.2 Å². The van der Waals surface area contributed by atoms with Crippen LogP contribution in [0.5, 0.6) is 5.75 Å². The van der Waals surface area contributed by atoms with Crippen molar-refractivity contribution in [3.8, 4) is 16.9 Å². The van der Waals surface area contributed by atoms with Gasteiger partial charge in [-0.3, -0.25) is 14.3 Å². The van der Waals surface area contributed by atoms with E-state index in [1.807, 2.05) is 10.9 Å². The fourth-order valence-corrected chi connectivity index (χ4v) is 5.24. The molecule has 1 aliphatic rings. The maximum Gasteiger partial charge on any atom is 0.239 e. The summed E-state index contributed by atoms with van der Waals surface area (Å²) in [6.07, 6.45) is 6.27. The molecule has 0 radical (unpaired) electrons. The van der Waals surface area contributed by atoms with Crippen molar-refractivity contribution < 1.29 is 18.7 Å². The Morgan fingerprint density at radius 3 is 2.62 bits per heavy atom. The molecule has 0 saturated carbocycles. The van der Waals surface area contributed by atoms with Gasteiger partial charge in [0.15, 0.2) is 11.6 Å². The minimum absolute atomic E-state index is 0.0807. The molecule has 13 heteroatoms. The lowest BCUT2D eigenvalue weighted by atomic mass is 10.0. The Kier molecular flexibility index (Phi) is 8.94. The fourth-order valence-electron chi connectivity index (χ4n) is 4.57. The third-order valence-corrected chi connectivity index (χ3v) is 7.49. The van der Waals surface area contributed by atoms with Crippen molar-refractivity contribution in [2.75, 3.05) is 18.8 Å². The smallest absolute Gasteiger partial charge is 0.239 e. The molecule has 0 spiro atoms. The number of carbonyl (C=O) groups is 2. The Morgan fingerprint density at radius 1 is 1.21 bits per heavy atom. The van der Waals surface area contributed by atoms with Crippen molar-refractivity contribution in [2.24, 2.45) is 11.5 Å². The molecule has 1 aliphatic heterocycles. The Hall–Kier alpha value is -3.41. The molecule has 1 saturated heterocycles. The number of hydrogen-bond donors (Lipinski definition) is 3. The standard InChI is InChI=1S/C26H30Cl2FN7O3/c1-14(23-18(27)2-3-19(29)24(23)28)39-21-10-15(11-33-25(21)32)16-12-34-36(13-16)17-6-8-35(9-7-17)26(38)20(30)4-5-22(31)37/h2-3,10-14,17,20H,4-9,30H2,1H3,(H2,31,37)(H2,32,33)/t14-,20+/m1/s1. The van der Waals surface area contributed by atoms with Crippen molar-refractivity contribution in [1.82, 2.24) is 19.7 Å². The summed E-state index contributed by atoms with van der Waals surface area (Å²) in [5.74, 6) is -0.793. The molecule has 10 nitrogen and oxygen atoms in total. The largest absolute Gasteiger partial charge is 0.482 e. The molecule has 0 aliphatic carbocycles. The Labute approximate surface area is 235 Å². The molecular formula is C26H30Cl2FN7O3. The number of benzene rings is 1. The fraction of sp³-hybridized carbons (Fsp3) is 0.385. The molecular weight excluding hydrogens is 548 g/mol. The van der Waals surface area contributed by atoms with Gasteiger partial charge in [-0.2, -0.15) is 5.10 Å². The minimum atomic E-state index is -0.740. The summed E-state index contributed by atoms with van der Waals surface area (Å²) >= 11 is 12.4. The quantitative estimate of drug-likeness (QED) is 0.326. The lowest BCUT2D eigenvalue weighted by Gasteiger charge is -2.33. The van der Waals surface area contributed by atoms with E-state index < -0.39 is 23.9 Å². The van der Waals surface area contributed by atoms with E-state index in [9.17, 15) is 14.0 Å². The van der Waals surface area contributed by atoms with E-state index in [-0.39, 0.29) is 40.7 Å². The first kappa shape index (κ1) is 28.6. The number of anilines is 1. The maximum atomic E-state index is 14.0. The molecule has 0 unspecified atom stereocenters. The number of ether oxygens (including phenoxy) is 1. The van der Waals surface area contributed by atoms with Crippen molar-refractivity contribution in [1.29, 1.82) is 0 Å². The number of halogens is 3. The van der Waals surface area contributed by atoms with Crippen LogP contribution in [0.25, 0.3) is 11.1 Å². The topological polar surface area (TPSA) is 155 Å². The second-order valence-electron chi connectivity index (χ2n) is 9.50. The normalized spacial score (nSPS) is 15.7. The highest BCUT2D eigenvalue weighted by atomic mass is 35.5. The van der Waals surface area contributed by atoms with E-state index in [2.05, 4.69) is 10.1 Å². The summed E-state index contributed by atoms with van der Waals surface area (Å²) in [5.41, 5.74) is 19.0. The molecule has 39 heavy (non-hydrogen) atoms. The summed E-state index contributed by atoms with van der Waals surface area (Å²) < 4.78 is 21.9. The molecule has 4 rings (SSSR count). The van der Waals surface area contributed by atoms with E-state index in [0.717, 1.165) is 11.1 Å². The van der Waals surface area contributed by atoms with E-state index in [0.29, 0.717) is 37.2 Å². The van der Waals surface area contributed by atoms with Crippen molar-refractivity contribution >= 4 is 40.8 Å². The van der Waals surface area contributed by atoms with Crippen LogP contribution in [0.3, 0.4) is 0 Å². The SMILES string of the molecule is C[C@@H](Oc1cc(-c2cnn(C3CCN(C(=O)[C@@H](N)CCC(N)=O)CC3)c2)cnc1N)c1c(Cl)ccc(F)c1Cl. The number of aromatic nitrogens is 3. The highest BCUT2D eigenvalue weighted by Crippen LogP contribution is 2.37. The minimum Gasteiger partial charge on any atom is -0.482 e. The van der Waals surface area contributed by atoms with Crippen LogP contribution < -0.4 is 21.9 Å². The average Bonchev–Trinajstić information content (AvgIpc) is 3.41. The molecule has 6 N–H and O–H groups in total. The summed E-state index contributed by atoms with van der Waals surface area (Å²) in [6.45, 7) is 2.76. The lowest BCUT2D eigenvalue weighted by molar-refractivity contribution is -0.134. The number of carbonyl (C=O) groups excluding carboxylic acids is 2. The molecule has 208 valence electrons. The predicted octanol–water partition coefficient (Wildman–Crippen LogP) is 3.87. The maximum absolute atomic E-state index is 14.0. The van der Waals surface area contributed by atoms with Gasteiger partial charge in [0.05, 0.1) is 23.3 Å². The first-order valence-electron chi connectivity index (χ1n) is 12.5.